The largest absolute Gasteiger partial charge is 0.366 e. The molecule has 3 heterocycles. The topological polar surface area (TPSA) is 79.4 Å². The molecule has 3 aromatic heterocycles. The normalized spacial score (nSPS) is 10.4. The molecule has 0 amide bonds. The summed E-state index contributed by atoms with van der Waals surface area (Å²) in [7, 11) is 0. The fraction of sp³-hybridized carbons (Fsp3) is 0.0909. The lowest BCUT2D eigenvalue weighted by molar-refractivity contribution is 0.883. The maximum absolute atomic E-state index is 9.19. The second-order valence-electron chi connectivity index (χ2n) is 6.35. The third kappa shape index (κ3) is 3.60. The second-order valence-corrected chi connectivity index (χ2v) is 6.35. The summed E-state index contributed by atoms with van der Waals surface area (Å²) in [5.41, 5.74) is 5.18. The molecular formula is C22H18N6. The molecule has 4 aromatic rings. The standard InChI is InChI=1S/C22H18N6/c1-16-7-8-21(26-20(16)13-23)25-14-18-15-28(19-5-3-2-4-6-19)27-22(18)17-9-11-24-12-10-17/h2-12,15H,14H2,1H3,(H,25,26). The number of anilines is 1. The Hall–Kier alpha value is -3.98. The van der Waals surface area contributed by atoms with Gasteiger partial charge >= 0.3 is 0 Å². The first kappa shape index (κ1) is 17.4. The number of rotatable bonds is 5. The molecule has 6 nitrogen and oxygen atoms in total. The van der Waals surface area contributed by atoms with Crippen LogP contribution >= 0.6 is 0 Å². The highest BCUT2D eigenvalue weighted by Crippen LogP contribution is 2.24. The van der Waals surface area contributed by atoms with Gasteiger partial charge in [0.1, 0.15) is 17.6 Å². The van der Waals surface area contributed by atoms with E-state index in [0.29, 0.717) is 18.1 Å². The van der Waals surface area contributed by atoms with Gasteiger partial charge in [0.2, 0.25) is 0 Å². The van der Waals surface area contributed by atoms with Gasteiger partial charge in [0.15, 0.2) is 0 Å². The third-order valence-electron chi connectivity index (χ3n) is 4.43. The van der Waals surface area contributed by atoms with Gasteiger partial charge in [0.25, 0.3) is 0 Å². The number of pyridine rings is 2. The van der Waals surface area contributed by atoms with E-state index in [1.807, 2.05) is 72.4 Å². The average molecular weight is 366 g/mol. The smallest absolute Gasteiger partial charge is 0.145 e. The van der Waals surface area contributed by atoms with Crippen molar-refractivity contribution < 1.29 is 0 Å². The van der Waals surface area contributed by atoms with Gasteiger partial charge in [0, 0.05) is 36.3 Å². The Balaban J connectivity index is 1.67. The molecule has 0 bridgehead atoms. The maximum atomic E-state index is 9.19. The fourth-order valence-corrected chi connectivity index (χ4v) is 2.93. The first-order valence-electron chi connectivity index (χ1n) is 8.90. The first-order chi connectivity index (χ1) is 13.7. The van der Waals surface area contributed by atoms with Gasteiger partial charge in [-0.05, 0) is 42.8 Å². The van der Waals surface area contributed by atoms with Crippen molar-refractivity contribution >= 4 is 5.82 Å². The highest BCUT2D eigenvalue weighted by Gasteiger charge is 2.13. The first-order valence-corrected chi connectivity index (χ1v) is 8.90. The van der Waals surface area contributed by atoms with Crippen molar-refractivity contribution in [3.05, 3.63) is 90.0 Å². The number of nitrogens with one attached hydrogen (secondary N) is 1. The number of benzene rings is 1. The molecule has 0 fully saturated rings. The van der Waals surface area contributed by atoms with Crippen molar-refractivity contribution in [2.75, 3.05) is 5.32 Å². The molecule has 0 aliphatic heterocycles. The molecular weight excluding hydrogens is 348 g/mol. The fourth-order valence-electron chi connectivity index (χ4n) is 2.93. The summed E-state index contributed by atoms with van der Waals surface area (Å²) in [5, 5.41) is 17.3. The minimum absolute atomic E-state index is 0.430. The van der Waals surface area contributed by atoms with Crippen molar-refractivity contribution in [3.8, 4) is 23.0 Å². The van der Waals surface area contributed by atoms with Crippen LogP contribution in [0.4, 0.5) is 5.82 Å². The van der Waals surface area contributed by atoms with Gasteiger partial charge in [-0.1, -0.05) is 24.3 Å². The van der Waals surface area contributed by atoms with E-state index in [9.17, 15) is 5.26 Å². The second kappa shape index (κ2) is 7.72. The maximum Gasteiger partial charge on any atom is 0.145 e. The zero-order valence-corrected chi connectivity index (χ0v) is 15.4. The summed E-state index contributed by atoms with van der Waals surface area (Å²) in [4.78, 5) is 8.46. The number of aromatic nitrogens is 4. The zero-order valence-electron chi connectivity index (χ0n) is 15.4. The van der Waals surface area contributed by atoms with Gasteiger partial charge < -0.3 is 5.32 Å². The molecule has 0 aliphatic rings. The van der Waals surface area contributed by atoms with Gasteiger partial charge in [-0.15, -0.1) is 0 Å². The van der Waals surface area contributed by atoms with Crippen LogP contribution in [0.5, 0.6) is 0 Å². The molecule has 0 radical (unpaired) electrons. The summed E-state index contributed by atoms with van der Waals surface area (Å²) in [6, 6.07) is 19.8. The van der Waals surface area contributed by atoms with E-state index in [1.165, 1.54) is 0 Å². The predicted octanol–water partition coefficient (Wildman–Crippen LogP) is 4.12. The van der Waals surface area contributed by atoms with E-state index in [2.05, 4.69) is 21.4 Å². The number of para-hydroxylation sites is 1. The van der Waals surface area contributed by atoms with Crippen LogP contribution in [0.1, 0.15) is 16.8 Å². The van der Waals surface area contributed by atoms with Crippen LogP contribution in [0.15, 0.2) is 73.2 Å². The van der Waals surface area contributed by atoms with Crippen molar-refractivity contribution in [1.82, 2.24) is 19.7 Å². The highest BCUT2D eigenvalue weighted by molar-refractivity contribution is 5.63. The molecule has 136 valence electrons. The number of hydrogen-bond acceptors (Lipinski definition) is 5. The third-order valence-corrected chi connectivity index (χ3v) is 4.43. The Morgan fingerprint density at radius 2 is 1.82 bits per heavy atom. The van der Waals surface area contributed by atoms with Crippen molar-refractivity contribution in [1.29, 1.82) is 5.26 Å². The Morgan fingerprint density at radius 3 is 2.57 bits per heavy atom. The van der Waals surface area contributed by atoms with Crippen molar-refractivity contribution in [3.63, 3.8) is 0 Å². The van der Waals surface area contributed by atoms with E-state index in [4.69, 9.17) is 5.10 Å². The van der Waals surface area contributed by atoms with Crippen LogP contribution in [0, 0.1) is 18.3 Å². The van der Waals surface area contributed by atoms with E-state index >= 15 is 0 Å². The van der Waals surface area contributed by atoms with Gasteiger partial charge in [-0.2, -0.15) is 10.4 Å². The molecule has 1 aromatic carbocycles. The lowest BCUT2D eigenvalue weighted by Crippen LogP contribution is -2.03. The summed E-state index contributed by atoms with van der Waals surface area (Å²) < 4.78 is 1.87. The molecule has 0 unspecified atom stereocenters. The quantitative estimate of drug-likeness (QED) is 0.575. The van der Waals surface area contributed by atoms with Crippen LogP contribution in [0.25, 0.3) is 16.9 Å². The Bertz CT molecular complexity index is 1130. The monoisotopic (exact) mass is 366 g/mol. The Morgan fingerprint density at radius 1 is 1.04 bits per heavy atom. The molecule has 0 saturated carbocycles. The van der Waals surface area contributed by atoms with E-state index in [1.54, 1.807) is 12.4 Å². The Labute approximate surface area is 163 Å². The van der Waals surface area contributed by atoms with E-state index in [-0.39, 0.29) is 0 Å². The molecule has 1 N–H and O–H groups in total. The number of nitrogens with zero attached hydrogens (tertiary/aromatic N) is 5. The van der Waals surface area contributed by atoms with E-state index < -0.39 is 0 Å². The summed E-state index contributed by atoms with van der Waals surface area (Å²) in [6.45, 7) is 2.41. The highest BCUT2D eigenvalue weighted by atomic mass is 15.3. The molecule has 6 heteroatoms. The lowest BCUT2D eigenvalue weighted by Gasteiger charge is -2.07. The Kier molecular flexibility index (Phi) is 4.81. The van der Waals surface area contributed by atoms with Gasteiger partial charge in [0.05, 0.1) is 11.4 Å². The SMILES string of the molecule is Cc1ccc(NCc2cn(-c3ccccc3)nc2-c2ccncc2)nc1C#N. The van der Waals surface area contributed by atoms with Gasteiger partial charge in [-0.3, -0.25) is 4.98 Å². The van der Waals surface area contributed by atoms with Crippen LogP contribution < -0.4 is 5.32 Å². The molecule has 4 rings (SSSR count). The zero-order chi connectivity index (χ0) is 19.3. The average Bonchev–Trinajstić information content (AvgIpc) is 3.19. The van der Waals surface area contributed by atoms with Crippen molar-refractivity contribution in [2.24, 2.45) is 0 Å². The lowest BCUT2D eigenvalue weighted by atomic mass is 10.1. The minimum Gasteiger partial charge on any atom is -0.366 e. The summed E-state index contributed by atoms with van der Waals surface area (Å²) in [6.07, 6.45) is 5.53. The van der Waals surface area contributed by atoms with E-state index in [0.717, 1.165) is 28.1 Å². The van der Waals surface area contributed by atoms with Crippen LogP contribution in [-0.4, -0.2) is 19.7 Å². The molecule has 0 atom stereocenters. The van der Waals surface area contributed by atoms with Crippen LogP contribution in [0.3, 0.4) is 0 Å². The van der Waals surface area contributed by atoms with Crippen LogP contribution in [-0.2, 0) is 6.54 Å². The van der Waals surface area contributed by atoms with Crippen molar-refractivity contribution in [2.45, 2.75) is 13.5 Å². The summed E-state index contributed by atoms with van der Waals surface area (Å²) >= 11 is 0. The minimum atomic E-state index is 0.430. The summed E-state index contributed by atoms with van der Waals surface area (Å²) in [5.74, 6) is 0.662. The number of aryl methyl sites for hydroxylation is 1. The predicted molar refractivity (Wildman–Crippen MR) is 108 cm³/mol. The van der Waals surface area contributed by atoms with Gasteiger partial charge in [-0.25, -0.2) is 9.67 Å². The van der Waals surface area contributed by atoms with Crippen LogP contribution in [0.2, 0.25) is 0 Å². The molecule has 0 saturated heterocycles. The molecule has 0 aliphatic carbocycles. The number of nitriles is 1. The molecule has 0 spiro atoms. The number of hydrogen-bond donors (Lipinski definition) is 1. The molecule has 28 heavy (non-hydrogen) atoms.